The van der Waals surface area contributed by atoms with Crippen LogP contribution in [0.3, 0.4) is 0 Å². The Labute approximate surface area is 131 Å². The SMILES string of the molecule is Cc1ccc(C(=O)Nc2ccc(Br)c3ccccc23)n1C. The van der Waals surface area contributed by atoms with Crippen LogP contribution >= 0.6 is 15.9 Å². The summed E-state index contributed by atoms with van der Waals surface area (Å²) in [7, 11) is 1.89. The molecule has 3 rings (SSSR count). The van der Waals surface area contributed by atoms with Crippen LogP contribution in [0.4, 0.5) is 5.69 Å². The van der Waals surface area contributed by atoms with E-state index in [1.165, 1.54) is 0 Å². The van der Waals surface area contributed by atoms with Gasteiger partial charge >= 0.3 is 0 Å². The van der Waals surface area contributed by atoms with Gasteiger partial charge in [-0.1, -0.05) is 40.2 Å². The number of hydrogen-bond donors (Lipinski definition) is 1. The number of rotatable bonds is 2. The van der Waals surface area contributed by atoms with Crippen LogP contribution in [-0.2, 0) is 7.05 Å². The van der Waals surface area contributed by atoms with Crippen LogP contribution in [-0.4, -0.2) is 10.5 Å². The summed E-state index contributed by atoms with van der Waals surface area (Å²) in [6, 6.07) is 15.6. The van der Waals surface area contributed by atoms with Gasteiger partial charge in [-0.25, -0.2) is 0 Å². The van der Waals surface area contributed by atoms with E-state index in [0.717, 1.165) is 26.6 Å². The second kappa shape index (κ2) is 5.37. The zero-order chi connectivity index (χ0) is 15.0. The molecule has 3 aromatic rings. The van der Waals surface area contributed by atoms with Gasteiger partial charge in [0.2, 0.25) is 0 Å². The van der Waals surface area contributed by atoms with E-state index in [0.29, 0.717) is 5.69 Å². The summed E-state index contributed by atoms with van der Waals surface area (Å²) in [5.74, 6) is -0.0990. The van der Waals surface area contributed by atoms with Crippen molar-refractivity contribution < 1.29 is 4.79 Å². The molecule has 1 amide bonds. The Morgan fingerprint density at radius 3 is 2.43 bits per heavy atom. The number of carbonyl (C=O) groups excluding carboxylic acids is 1. The van der Waals surface area contributed by atoms with Crippen molar-refractivity contribution in [2.45, 2.75) is 6.92 Å². The van der Waals surface area contributed by atoms with Gasteiger partial charge in [0, 0.05) is 28.3 Å². The molecule has 1 N–H and O–H groups in total. The Morgan fingerprint density at radius 1 is 1.05 bits per heavy atom. The normalized spacial score (nSPS) is 10.8. The standard InChI is InChI=1S/C17H15BrN2O/c1-11-7-10-16(20(11)2)17(21)19-15-9-8-14(18)12-5-3-4-6-13(12)15/h3-10H,1-2H3,(H,19,21). The van der Waals surface area contributed by atoms with E-state index in [4.69, 9.17) is 0 Å². The second-order valence-electron chi connectivity index (χ2n) is 5.01. The van der Waals surface area contributed by atoms with Gasteiger partial charge in [0.25, 0.3) is 5.91 Å². The predicted molar refractivity (Wildman–Crippen MR) is 89.8 cm³/mol. The summed E-state index contributed by atoms with van der Waals surface area (Å²) < 4.78 is 2.90. The highest BCUT2D eigenvalue weighted by atomic mass is 79.9. The summed E-state index contributed by atoms with van der Waals surface area (Å²) in [6.45, 7) is 1.98. The number of aromatic nitrogens is 1. The molecule has 0 aliphatic rings. The van der Waals surface area contributed by atoms with Crippen molar-refractivity contribution in [2.24, 2.45) is 7.05 Å². The number of nitrogens with zero attached hydrogens (tertiary/aromatic N) is 1. The third-order valence-electron chi connectivity index (χ3n) is 3.72. The number of aryl methyl sites for hydroxylation is 1. The molecule has 0 atom stereocenters. The van der Waals surface area contributed by atoms with Crippen molar-refractivity contribution in [3.8, 4) is 0 Å². The van der Waals surface area contributed by atoms with Crippen LogP contribution in [0.1, 0.15) is 16.2 Å². The highest BCUT2D eigenvalue weighted by Gasteiger charge is 2.13. The molecule has 0 saturated carbocycles. The van der Waals surface area contributed by atoms with Crippen LogP contribution in [0, 0.1) is 6.92 Å². The molecule has 0 saturated heterocycles. The van der Waals surface area contributed by atoms with Crippen LogP contribution in [0.5, 0.6) is 0 Å². The predicted octanol–water partition coefficient (Wildman–Crippen LogP) is 4.50. The van der Waals surface area contributed by atoms with Gasteiger partial charge in [-0.3, -0.25) is 4.79 Å². The highest BCUT2D eigenvalue weighted by Crippen LogP contribution is 2.30. The molecule has 2 aromatic carbocycles. The molecule has 21 heavy (non-hydrogen) atoms. The van der Waals surface area contributed by atoms with Gasteiger partial charge in [0.1, 0.15) is 5.69 Å². The van der Waals surface area contributed by atoms with Crippen LogP contribution in [0.15, 0.2) is 53.0 Å². The number of anilines is 1. The Morgan fingerprint density at radius 2 is 1.76 bits per heavy atom. The molecule has 0 radical (unpaired) electrons. The van der Waals surface area contributed by atoms with Crippen LogP contribution < -0.4 is 5.32 Å². The summed E-state index contributed by atoms with van der Waals surface area (Å²) in [5, 5.41) is 5.10. The molecule has 0 aliphatic heterocycles. The molecule has 3 nitrogen and oxygen atoms in total. The van der Waals surface area contributed by atoms with Crippen molar-refractivity contribution in [3.63, 3.8) is 0 Å². The largest absolute Gasteiger partial charge is 0.344 e. The molecule has 4 heteroatoms. The van der Waals surface area contributed by atoms with Gasteiger partial charge in [-0.2, -0.15) is 0 Å². The first-order valence-electron chi connectivity index (χ1n) is 6.69. The molecular formula is C17H15BrN2O. The third kappa shape index (κ3) is 2.47. The molecule has 1 heterocycles. The first-order chi connectivity index (χ1) is 10.1. The smallest absolute Gasteiger partial charge is 0.272 e. The van der Waals surface area contributed by atoms with Crippen LogP contribution in [0.25, 0.3) is 10.8 Å². The number of amides is 1. The maximum absolute atomic E-state index is 12.4. The maximum atomic E-state index is 12.4. The van der Waals surface area contributed by atoms with Crippen molar-refractivity contribution in [1.82, 2.24) is 4.57 Å². The summed E-state index contributed by atoms with van der Waals surface area (Å²) in [6.07, 6.45) is 0. The van der Waals surface area contributed by atoms with Gasteiger partial charge < -0.3 is 9.88 Å². The van der Waals surface area contributed by atoms with E-state index in [2.05, 4.69) is 21.2 Å². The molecule has 0 bridgehead atoms. The number of hydrogen-bond acceptors (Lipinski definition) is 1. The average Bonchev–Trinajstić information content (AvgIpc) is 2.82. The molecule has 0 unspecified atom stereocenters. The third-order valence-corrected chi connectivity index (χ3v) is 4.42. The molecule has 106 valence electrons. The van der Waals surface area contributed by atoms with E-state index >= 15 is 0 Å². The number of fused-ring (bicyclic) bond motifs is 1. The van der Waals surface area contributed by atoms with Crippen molar-refractivity contribution in [3.05, 3.63) is 64.4 Å². The molecule has 1 aromatic heterocycles. The Bertz CT molecular complexity index is 836. The lowest BCUT2D eigenvalue weighted by molar-refractivity contribution is 0.101. The molecule has 0 aliphatic carbocycles. The Hall–Kier alpha value is -2.07. The minimum atomic E-state index is -0.0990. The van der Waals surface area contributed by atoms with E-state index in [-0.39, 0.29) is 5.91 Å². The molecule has 0 spiro atoms. The van der Waals surface area contributed by atoms with Gasteiger partial charge in [-0.15, -0.1) is 0 Å². The fourth-order valence-electron chi connectivity index (χ4n) is 2.40. The lowest BCUT2D eigenvalue weighted by atomic mass is 10.1. The van der Waals surface area contributed by atoms with Crippen LogP contribution in [0.2, 0.25) is 0 Å². The monoisotopic (exact) mass is 342 g/mol. The van der Waals surface area contributed by atoms with Crippen molar-refractivity contribution in [2.75, 3.05) is 5.32 Å². The zero-order valence-corrected chi connectivity index (χ0v) is 13.4. The highest BCUT2D eigenvalue weighted by molar-refractivity contribution is 9.10. The van der Waals surface area contributed by atoms with E-state index in [1.807, 2.05) is 67.1 Å². The topological polar surface area (TPSA) is 34.0 Å². The second-order valence-corrected chi connectivity index (χ2v) is 5.87. The number of carbonyl (C=O) groups is 1. The fourth-order valence-corrected chi connectivity index (χ4v) is 2.88. The van der Waals surface area contributed by atoms with Gasteiger partial charge in [-0.05, 0) is 36.6 Å². The fraction of sp³-hybridized carbons (Fsp3) is 0.118. The maximum Gasteiger partial charge on any atom is 0.272 e. The number of halogens is 1. The number of nitrogens with one attached hydrogen (secondary N) is 1. The zero-order valence-electron chi connectivity index (χ0n) is 11.9. The average molecular weight is 343 g/mol. The summed E-state index contributed by atoms with van der Waals surface area (Å²) >= 11 is 3.54. The van der Waals surface area contributed by atoms with E-state index in [9.17, 15) is 4.79 Å². The summed E-state index contributed by atoms with van der Waals surface area (Å²) in [4.78, 5) is 12.4. The lowest BCUT2D eigenvalue weighted by Crippen LogP contribution is -2.16. The molecular weight excluding hydrogens is 328 g/mol. The molecule has 0 fully saturated rings. The van der Waals surface area contributed by atoms with Crippen molar-refractivity contribution >= 4 is 38.3 Å². The minimum absolute atomic E-state index is 0.0990. The first-order valence-corrected chi connectivity index (χ1v) is 7.48. The van der Waals surface area contributed by atoms with Crippen molar-refractivity contribution in [1.29, 1.82) is 0 Å². The summed E-state index contributed by atoms with van der Waals surface area (Å²) in [5.41, 5.74) is 2.53. The van der Waals surface area contributed by atoms with E-state index in [1.54, 1.807) is 0 Å². The Balaban J connectivity index is 2.01. The van der Waals surface area contributed by atoms with E-state index < -0.39 is 0 Å². The Kier molecular flexibility index (Phi) is 3.55. The lowest BCUT2D eigenvalue weighted by Gasteiger charge is -2.11. The number of benzene rings is 2. The van der Waals surface area contributed by atoms with Gasteiger partial charge in [0.05, 0.1) is 0 Å². The van der Waals surface area contributed by atoms with Gasteiger partial charge in [0.15, 0.2) is 0 Å². The first kappa shape index (κ1) is 13.9. The minimum Gasteiger partial charge on any atom is -0.344 e. The quantitative estimate of drug-likeness (QED) is 0.730.